The van der Waals surface area contributed by atoms with Crippen molar-refractivity contribution < 1.29 is 33.3 Å². The molecule has 4 heteroatoms. The van der Waals surface area contributed by atoms with E-state index in [1.54, 1.807) is 29.9 Å². The van der Waals surface area contributed by atoms with E-state index in [-0.39, 0.29) is 24.0 Å². The van der Waals surface area contributed by atoms with E-state index < -0.39 is 5.91 Å². The molecule has 0 atom stereocenters. The van der Waals surface area contributed by atoms with Gasteiger partial charge in [-0.1, -0.05) is 0 Å². The van der Waals surface area contributed by atoms with Crippen LogP contribution in [0.1, 0.15) is 10.5 Å². The van der Waals surface area contributed by atoms with Crippen LogP contribution in [0.3, 0.4) is 0 Å². The fourth-order valence-corrected chi connectivity index (χ4v) is 0.779. The number of halogens is 1. The van der Waals surface area contributed by atoms with Crippen LogP contribution in [-0.2, 0) is 7.05 Å². The van der Waals surface area contributed by atoms with Crippen molar-refractivity contribution in [1.82, 2.24) is 0 Å². The van der Waals surface area contributed by atoms with E-state index in [0.717, 1.165) is 0 Å². The number of carbonyl (C=O) groups is 1. The number of aryl methyl sites for hydroxylation is 1. The first-order valence-corrected chi connectivity index (χ1v) is 2.96. The lowest BCUT2D eigenvalue weighted by molar-refractivity contribution is -0.673. The largest absolute Gasteiger partial charge is 1.00 e. The van der Waals surface area contributed by atoms with Crippen LogP contribution in [0.5, 0.6) is 0 Å². The van der Waals surface area contributed by atoms with E-state index >= 15 is 0 Å². The molecule has 1 rings (SSSR count). The Morgan fingerprint density at radius 1 is 1.55 bits per heavy atom. The van der Waals surface area contributed by atoms with Crippen molar-refractivity contribution in [2.24, 2.45) is 12.8 Å². The van der Waals surface area contributed by atoms with Gasteiger partial charge < -0.3 is 29.7 Å². The van der Waals surface area contributed by atoms with Crippen LogP contribution in [0, 0.1) is 0 Å². The highest BCUT2D eigenvalue weighted by atomic mass is 127. The van der Waals surface area contributed by atoms with E-state index in [9.17, 15) is 4.79 Å². The molecule has 0 saturated carbocycles. The van der Waals surface area contributed by atoms with Crippen molar-refractivity contribution in [2.75, 3.05) is 0 Å². The molecule has 0 aromatic carbocycles. The SMILES string of the molecule is C[n+]1ccccc1C(N)=O.[I-]. The lowest BCUT2D eigenvalue weighted by Gasteiger charge is -1.91. The summed E-state index contributed by atoms with van der Waals surface area (Å²) in [6.07, 6.45) is 1.78. The second-order valence-corrected chi connectivity index (χ2v) is 2.06. The summed E-state index contributed by atoms with van der Waals surface area (Å²) in [5.74, 6) is -0.400. The zero-order valence-corrected chi connectivity index (χ0v) is 8.28. The summed E-state index contributed by atoms with van der Waals surface area (Å²) in [7, 11) is 1.78. The van der Waals surface area contributed by atoms with Crippen LogP contribution < -0.4 is 34.3 Å². The van der Waals surface area contributed by atoms with Gasteiger partial charge in [0.05, 0.1) is 0 Å². The number of amides is 1. The van der Waals surface area contributed by atoms with E-state index in [4.69, 9.17) is 5.73 Å². The third-order valence-corrected chi connectivity index (χ3v) is 1.31. The standard InChI is InChI=1S/C7H8N2O.HI/c1-9-5-3-2-4-6(9)7(8)10;/h2-5H,1H3,(H-,8,10);1H. The lowest BCUT2D eigenvalue weighted by Crippen LogP contribution is -3.00. The summed E-state index contributed by atoms with van der Waals surface area (Å²) in [5.41, 5.74) is 5.57. The van der Waals surface area contributed by atoms with Crippen LogP contribution >= 0.6 is 0 Å². The Labute approximate surface area is 82.2 Å². The van der Waals surface area contributed by atoms with E-state index in [0.29, 0.717) is 5.69 Å². The fourth-order valence-electron chi connectivity index (χ4n) is 0.779. The monoisotopic (exact) mass is 264 g/mol. The van der Waals surface area contributed by atoms with Gasteiger partial charge in [0.15, 0.2) is 6.20 Å². The van der Waals surface area contributed by atoms with Gasteiger partial charge in [-0.3, -0.25) is 4.79 Å². The number of nitrogens with zero attached hydrogens (tertiary/aromatic N) is 1. The number of nitrogens with two attached hydrogens (primary N) is 1. The summed E-state index contributed by atoms with van der Waals surface area (Å²) in [6, 6.07) is 5.30. The highest BCUT2D eigenvalue weighted by Crippen LogP contribution is 1.86. The molecule has 0 saturated heterocycles. The molecule has 0 aliphatic carbocycles. The first kappa shape index (κ1) is 10.3. The second kappa shape index (κ2) is 4.27. The van der Waals surface area contributed by atoms with Gasteiger partial charge >= 0.3 is 5.91 Å². The smallest absolute Gasteiger partial charge is 0.313 e. The molecule has 1 aromatic heterocycles. The Kier molecular flexibility index (Phi) is 4.02. The second-order valence-electron chi connectivity index (χ2n) is 2.06. The van der Waals surface area contributed by atoms with Crippen LogP contribution in [0.15, 0.2) is 24.4 Å². The molecule has 0 fully saturated rings. The average Bonchev–Trinajstić information content (AvgIpc) is 1.88. The minimum Gasteiger partial charge on any atom is -1.00 e. The number of rotatable bonds is 1. The Balaban J connectivity index is 0.000001000. The van der Waals surface area contributed by atoms with Gasteiger partial charge in [0.25, 0.3) is 5.69 Å². The normalized spacial score (nSPS) is 8.45. The van der Waals surface area contributed by atoms with Gasteiger partial charge in [-0.15, -0.1) is 0 Å². The van der Waals surface area contributed by atoms with Crippen molar-refractivity contribution >= 4 is 5.91 Å². The molecule has 1 heterocycles. The molecule has 0 radical (unpaired) electrons. The first-order valence-electron chi connectivity index (χ1n) is 2.96. The van der Waals surface area contributed by atoms with Crippen LogP contribution in [0.4, 0.5) is 0 Å². The molecule has 1 aromatic rings. The van der Waals surface area contributed by atoms with E-state index in [1.165, 1.54) is 0 Å². The van der Waals surface area contributed by atoms with E-state index in [1.807, 2.05) is 6.07 Å². The number of primary amides is 1. The Morgan fingerprint density at radius 3 is 2.55 bits per heavy atom. The number of hydrogen-bond acceptors (Lipinski definition) is 1. The lowest BCUT2D eigenvalue weighted by atomic mass is 10.3. The molecule has 11 heavy (non-hydrogen) atoms. The summed E-state index contributed by atoms with van der Waals surface area (Å²) in [4.78, 5) is 10.6. The highest BCUT2D eigenvalue weighted by molar-refractivity contribution is 5.89. The van der Waals surface area contributed by atoms with Crippen molar-refractivity contribution in [3.05, 3.63) is 30.1 Å². The molecular formula is C7H9IN2O. The van der Waals surface area contributed by atoms with Crippen molar-refractivity contribution in [1.29, 1.82) is 0 Å². The third-order valence-electron chi connectivity index (χ3n) is 1.31. The van der Waals surface area contributed by atoms with Crippen LogP contribution in [0.25, 0.3) is 0 Å². The molecule has 60 valence electrons. The average molecular weight is 264 g/mol. The predicted octanol–water partition coefficient (Wildman–Crippen LogP) is -3.39. The third kappa shape index (κ3) is 2.45. The highest BCUT2D eigenvalue weighted by Gasteiger charge is 2.09. The van der Waals surface area contributed by atoms with Gasteiger partial charge in [0.1, 0.15) is 7.05 Å². The summed E-state index contributed by atoms with van der Waals surface area (Å²) in [5, 5.41) is 0. The molecule has 2 N–H and O–H groups in total. The van der Waals surface area contributed by atoms with Gasteiger partial charge in [-0.05, 0) is 6.07 Å². The summed E-state index contributed by atoms with van der Waals surface area (Å²) >= 11 is 0. The number of pyridine rings is 1. The summed E-state index contributed by atoms with van der Waals surface area (Å²) in [6.45, 7) is 0. The molecule has 0 unspecified atom stereocenters. The molecule has 0 aliphatic rings. The number of hydrogen-bond donors (Lipinski definition) is 1. The van der Waals surface area contributed by atoms with Crippen molar-refractivity contribution in [2.45, 2.75) is 0 Å². The Bertz CT molecular complexity index is 262. The number of carbonyl (C=O) groups excluding carboxylic acids is 1. The van der Waals surface area contributed by atoms with Gasteiger partial charge in [0, 0.05) is 12.1 Å². The Hall–Kier alpha value is -0.650. The minimum atomic E-state index is -0.400. The molecule has 0 bridgehead atoms. The maximum atomic E-state index is 10.6. The molecular weight excluding hydrogens is 255 g/mol. The predicted molar refractivity (Wildman–Crippen MR) is 36.1 cm³/mol. The summed E-state index contributed by atoms with van der Waals surface area (Å²) < 4.78 is 1.68. The maximum Gasteiger partial charge on any atom is 0.313 e. The zero-order valence-electron chi connectivity index (χ0n) is 6.12. The quantitative estimate of drug-likeness (QED) is 0.417. The Morgan fingerprint density at radius 2 is 2.18 bits per heavy atom. The topological polar surface area (TPSA) is 47.0 Å². The molecule has 0 aliphatic heterocycles. The van der Waals surface area contributed by atoms with Gasteiger partial charge in [-0.25, -0.2) is 0 Å². The van der Waals surface area contributed by atoms with E-state index in [2.05, 4.69) is 0 Å². The molecule has 0 spiro atoms. The first-order chi connectivity index (χ1) is 4.72. The number of aromatic nitrogens is 1. The van der Waals surface area contributed by atoms with Gasteiger partial charge in [-0.2, -0.15) is 4.57 Å². The van der Waals surface area contributed by atoms with Crippen molar-refractivity contribution in [3.8, 4) is 0 Å². The zero-order chi connectivity index (χ0) is 7.56. The maximum absolute atomic E-state index is 10.6. The van der Waals surface area contributed by atoms with Crippen LogP contribution in [0.2, 0.25) is 0 Å². The molecule has 1 amide bonds. The fraction of sp³-hybridized carbons (Fsp3) is 0.143. The minimum absolute atomic E-state index is 0. The van der Waals surface area contributed by atoms with Gasteiger partial charge in [0.2, 0.25) is 0 Å². The molecule has 3 nitrogen and oxygen atoms in total. The van der Waals surface area contributed by atoms with Crippen LogP contribution in [-0.4, -0.2) is 5.91 Å². The van der Waals surface area contributed by atoms with Crippen molar-refractivity contribution in [3.63, 3.8) is 0 Å².